The molecule has 0 aliphatic carbocycles. The van der Waals surface area contributed by atoms with Crippen molar-refractivity contribution in [1.29, 1.82) is 5.41 Å². The van der Waals surface area contributed by atoms with Gasteiger partial charge in [0.2, 0.25) is 5.91 Å². The summed E-state index contributed by atoms with van der Waals surface area (Å²) in [6.45, 7) is 2.49. The number of hydrogen-bond donors (Lipinski definition) is 4. The van der Waals surface area contributed by atoms with Crippen molar-refractivity contribution in [2.24, 2.45) is 5.73 Å². The maximum atomic E-state index is 13.8. The highest BCUT2D eigenvalue weighted by Gasteiger charge is 2.38. The number of nitrogen functional groups attached to an aromatic ring is 1. The maximum absolute atomic E-state index is 13.8. The minimum Gasteiger partial charge on any atom is -0.475 e. The molecule has 2 amide bonds. The second kappa shape index (κ2) is 15.9. The lowest BCUT2D eigenvalue weighted by Crippen LogP contribution is -2.50. The molecule has 48 heavy (non-hydrogen) atoms. The molecule has 1 aromatic heterocycles. The smallest absolute Gasteiger partial charge is 0.475 e. The van der Waals surface area contributed by atoms with E-state index >= 15 is 0 Å². The van der Waals surface area contributed by atoms with Crippen molar-refractivity contribution in [3.05, 3.63) is 91.7 Å². The van der Waals surface area contributed by atoms with Crippen LogP contribution in [0.4, 0.5) is 18.9 Å². The van der Waals surface area contributed by atoms with Crippen LogP contribution in [0.15, 0.2) is 48.7 Å². The summed E-state index contributed by atoms with van der Waals surface area (Å²) < 4.78 is 38.2. The Balaban J connectivity index is 0.000000804. The first-order valence-electron chi connectivity index (χ1n) is 14.0. The number of halogens is 4. The predicted molar refractivity (Wildman–Crippen MR) is 162 cm³/mol. The molecule has 4 rings (SSSR count). The van der Waals surface area contributed by atoms with Gasteiger partial charge in [-0.25, -0.2) is 4.79 Å². The highest BCUT2D eigenvalue weighted by atomic mass is 35.5. The molecule has 2 heterocycles. The number of amides is 2. The van der Waals surface area contributed by atoms with Gasteiger partial charge in [0.15, 0.2) is 0 Å². The molecular weight excluding hydrogens is 667 g/mol. The van der Waals surface area contributed by atoms with E-state index in [1.807, 2.05) is 0 Å². The van der Waals surface area contributed by atoms with E-state index in [2.05, 4.69) is 10.4 Å². The zero-order valence-electron chi connectivity index (χ0n) is 25.1. The Kier molecular flexibility index (Phi) is 12.2. The Bertz CT molecular complexity index is 1710. The van der Waals surface area contributed by atoms with Crippen LogP contribution in [0.5, 0.6) is 0 Å². The molecule has 5 N–H and O–H groups in total. The number of nitrogens with one attached hydrogen (secondary N) is 2. The number of nitrogens with zero attached hydrogens (tertiary/aromatic N) is 4. The lowest BCUT2D eigenvalue weighted by Gasteiger charge is -2.30. The SMILES string of the molecule is CCOC(=O)Cn1cc2c(n1)CCN(C(=O)[C@H](Cc1ccc([N+](=O)[O-])cc1)NC(=O)c1ccc(C(=N)N)cc1Cl)C2.O=C(O)C(F)(F)F. The van der Waals surface area contributed by atoms with Crippen LogP contribution in [-0.2, 0) is 45.1 Å². The van der Waals surface area contributed by atoms with Crippen LogP contribution in [0.25, 0.3) is 0 Å². The van der Waals surface area contributed by atoms with Crippen molar-refractivity contribution in [2.45, 2.75) is 45.1 Å². The zero-order valence-corrected chi connectivity index (χ0v) is 25.9. The van der Waals surface area contributed by atoms with E-state index in [-0.39, 0.29) is 54.1 Å². The zero-order chi connectivity index (χ0) is 35.8. The Labute approximate surface area is 275 Å². The topological polar surface area (TPSA) is 224 Å². The molecule has 0 radical (unpaired) electrons. The normalized spacial score (nSPS) is 12.9. The van der Waals surface area contributed by atoms with E-state index in [1.54, 1.807) is 18.0 Å². The van der Waals surface area contributed by atoms with Gasteiger partial charge in [-0.05, 0) is 24.6 Å². The number of fused-ring (bicyclic) bond motifs is 1. The molecule has 256 valence electrons. The molecule has 0 bridgehead atoms. The number of aliphatic carboxylic acids is 1. The quantitative estimate of drug-likeness (QED) is 0.0798. The number of nitro groups is 1. The van der Waals surface area contributed by atoms with Crippen LogP contribution in [0.2, 0.25) is 5.02 Å². The number of nitrogens with two attached hydrogens (primary N) is 1. The Morgan fingerprint density at radius 2 is 1.85 bits per heavy atom. The van der Waals surface area contributed by atoms with Crippen LogP contribution < -0.4 is 11.1 Å². The van der Waals surface area contributed by atoms with Crippen LogP contribution in [0, 0.1) is 15.5 Å². The fourth-order valence-electron chi connectivity index (χ4n) is 4.49. The van der Waals surface area contributed by atoms with Gasteiger partial charge in [-0.3, -0.25) is 34.6 Å². The molecule has 2 aromatic carbocycles. The molecule has 0 fully saturated rings. The Hall–Kier alpha value is -5.52. The predicted octanol–water partition coefficient (Wildman–Crippen LogP) is 2.85. The number of hydrogen-bond acceptors (Lipinski definition) is 9. The average Bonchev–Trinajstić information content (AvgIpc) is 3.41. The van der Waals surface area contributed by atoms with E-state index in [4.69, 9.17) is 37.4 Å². The summed E-state index contributed by atoms with van der Waals surface area (Å²) in [6.07, 6.45) is -2.86. The Morgan fingerprint density at radius 3 is 2.40 bits per heavy atom. The van der Waals surface area contributed by atoms with Gasteiger partial charge < -0.3 is 25.8 Å². The highest BCUT2D eigenvalue weighted by molar-refractivity contribution is 6.34. The molecule has 3 aromatic rings. The number of carbonyl (C=O) groups excluding carboxylic acids is 3. The molecule has 0 spiro atoms. The molecular formula is C29H29ClF3N7O8. The first-order valence-corrected chi connectivity index (χ1v) is 14.4. The number of carboxylic acids is 1. The molecule has 0 saturated carbocycles. The van der Waals surface area contributed by atoms with E-state index in [0.29, 0.717) is 24.1 Å². The summed E-state index contributed by atoms with van der Waals surface area (Å²) in [5.74, 6) is -4.35. The number of nitro benzene ring substituents is 1. The number of carboxylic acid groups (broad SMARTS) is 1. The number of esters is 1. The summed E-state index contributed by atoms with van der Waals surface area (Å²) in [7, 11) is 0. The van der Waals surface area contributed by atoms with Gasteiger partial charge >= 0.3 is 18.1 Å². The van der Waals surface area contributed by atoms with Crippen LogP contribution >= 0.6 is 11.6 Å². The van der Waals surface area contributed by atoms with Crippen LogP contribution in [-0.4, -0.2) is 79.7 Å². The molecule has 15 nitrogen and oxygen atoms in total. The number of aromatic nitrogens is 2. The fourth-order valence-corrected chi connectivity index (χ4v) is 4.76. The summed E-state index contributed by atoms with van der Waals surface area (Å²) in [5, 5.41) is 33.0. The van der Waals surface area contributed by atoms with Gasteiger partial charge in [-0.1, -0.05) is 29.8 Å². The number of amidine groups is 1. The highest BCUT2D eigenvalue weighted by Crippen LogP contribution is 2.22. The van der Waals surface area contributed by atoms with E-state index in [9.17, 15) is 37.7 Å². The van der Waals surface area contributed by atoms with Crippen molar-refractivity contribution in [3.63, 3.8) is 0 Å². The number of carbonyl (C=O) groups is 4. The molecule has 1 atom stereocenters. The fraction of sp³-hybridized carbons (Fsp3) is 0.310. The first kappa shape index (κ1) is 36.9. The molecule has 0 saturated heterocycles. The van der Waals surface area contributed by atoms with Gasteiger partial charge in [0.25, 0.3) is 11.6 Å². The Morgan fingerprint density at radius 1 is 1.21 bits per heavy atom. The van der Waals surface area contributed by atoms with Crippen molar-refractivity contribution in [2.75, 3.05) is 13.2 Å². The minimum absolute atomic E-state index is 0.0449. The second-order valence-corrected chi connectivity index (χ2v) is 10.6. The summed E-state index contributed by atoms with van der Waals surface area (Å²) in [5.41, 5.74) is 8.00. The van der Waals surface area contributed by atoms with Gasteiger partial charge in [0.1, 0.15) is 18.4 Å². The summed E-state index contributed by atoms with van der Waals surface area (Å²) in [4.78, 5) is 59.9. The second-order valence-electron chi connectivity index (χ2n) is 10.2. The molecule has 1 aliphatic heterocycles. The molecule has 1 aliphatic rings. The summed E-state index contributed by atoms with van der Waals surface area (Å²) in [6, 6.07) is 9.01. The molecule has 0 unspecified atom stereocenters. The van der Waals surface area contributed by atoms with Gasteiger partial charge in [-0.15, -0.1) is 0 Å². The van der Waals surface area contributed by atoms with Crippen LogP contribution in [0.1, 0.15) is 39.7 Å². The number of ether oxygens (including phenoxy) is 1. The van der Waals surface area contributed by atoms with Gasteiger partial charge in [-0.2, -0.15) is 18.3 Å². The number of non-ortho nitro benzene ring substituents is 1. The van der Waals surface area contributed by atoms with E-state index < -0.39 is 35.0 Å². The number of benzene rings is 2. The van der Waals surface area contributed by atoms with Crippen molar-refractivity contribution in [3.8, 4) is 0 Å². The molecule has 19 heteroatoms. The van der Waals surface area contributed by atoms with Crippen LogP contribution in [0.3, 0.4) is 0 Å². The average molecular weight is 696 g/mol. The third-order valence-corrected chi connectivity index (χ3v) is 7.08. The van der Waals surface area contributed by atoms with Crippen molar-refractivity contribution in [1.82, 2.24) is 20.0 Å². The van der Waals surface area contributed by atoms with Crippen molar-refractivity contribution < 1.29 is 47.1 Å². The first-order chi connectivity index (χ1) is 22.5. The largest absolute Gasteiger partial charge is 0.490 e. The number of rotatable bonds is 10. The maximum Gasteiger partial charge on any atom is 0.490 e. The lowest BCUT2D eigenvalue weighted by molar-refractivity contribution is -0.384. The van der Waals surface area contributed by atoms with E-state index in [0.717, 1.165) is 11.3 Å². The van der Waals surface area contributed by atoms with Crippen molar-refractivity contribution >= 4 is 46.9 Å². The van der Waals surface area contributed by atoms with Gasteiger partial charge in [0.05, 0.1) is 27.8 Å². The van der Waals surface area contributed by atoms with E-state index in [1.165, 1.54) is 47.1 Å². The third-order valence-electron chi connectivity index (χ3n) is 6.77. The minimum atomic E-state index is -5.08. The summed E-state index contributed by atoms with van der Waals surface area (Å²) >= 11 is 6.29. The lowest BCUT2D eigenvalue weighted by atomic mass is 10.0. The van der Waals surface area contributed by atoms with Gasteiger partial charge in [0, 0.05) is 55.4 Å². The third kappa shape index (κ3) is 9.99. The number of alkyl halides is 3. The standard InChI is InChI=1S/C27H28ClN7O6.C2HF3O2/c1-2-41-24(36)15-34-14-18-13-33(10-9-22(18)32-34)27(38)23(11-16-3-6-19(7-4-16)35(39)40)31-26(37)20-8-5-17(25(29)30)12-21(20)28;3-2(4,5)1(6)7/h3-8,12,14,23H,2,9-11,13,15H2,1H3,(H3,29,30)(H,31,37);(H,6,7)/t23-;/m0./s1. The monoisotopic (exact) mass is 695 g/mol.